The highest BCUT2D eigenvalue weighted by Gasteiger charge is 2.37. The average Bonchev–Trinajstić information content (AvgIpc) is 3.60. The van der Waals surface area contributed by atoms with E-state index in [-0.39, 0.29) is 34.3 Å². The number of benzene rings is 2. The fraction of sp³-hybridized carbons (Fsp3) is 0.0909. The van der Waals surface area contributed by atoms with Crippen molar-refractivity contribution < 1.29 is 56.4 Å². The summed E-state index contributed by atoms with van der Waals surface area (Å²) in [6.45, 7) is -0.901. The fourth-order valence-electron chi connectivity index (χ4n) is 4.27. The first-order valence-electron chi connectivity index (χ1n) is 11.4. The van der Waals surface area contributed by atoms with E-state index in [1.54, 1.807) is 9.44 Å². The van der Waals surface area contributed by atoms with Gasteiger partial charge in [-0.05, 0) is 36.4 Å². The van der Waals surface area contributed by atoms with Crippen LogP contribution in [-0.4, -0.2) is 84.1 Å². The van der Waals surface area contributed by atoms with Crippen LogP contribution in [0.4, 0.5) is 11.4 Å². The lowest BCUT2D eigenvalue weighted by molar-refractivity contribution is -0.118. The van der Waals surface area contributed by atoms with Crippen LogP contribution in [0.25, 0.3) is 21.8 Å². The molecule has 0 radical (unpaired) electrons. The number of H-pyrrole nitrogens is 2. The summed E-state index contributed by atoms with van der Waals surface area (Å²) in [5.74, 6) is -4.55. The van der Waals surface area contributed by atoms with E-state index in [2.05, 4.69) is 9.97 Å². The Balaban J connectivity index is 0.000000168. The Hall–Kier alpha value is -5.50. The van der Waals surface area contributed by atoms with Crippen molar-refractivity contribution in [2.75, 3.05) is 21.7 Å². The summed E-state index contributed by atoms with van der Waals surface area (Å²) in [6.07, 6.45) is 0. The van der Waals surface area contributed by atoms with Gasteiger partial charge in [0.15, 0.2) is 0 Å². The first kappa shape index (κ1) is 28.0. The third-order valence-electron chi connectivity index (χ3n) is 6.07. The molecule has 20 heteroatoms. The number of hydrogen-bond donors (Lipinski definition) is 8. The lowest BCUT2D eigenvalue weighted by Gasteiger charge is -2.16. The van der Waals surface area contributed by atoms with Crippen molar-refractivity contribution in [3.05, 3.63) is 47.8 Å². The second kappa shape index (κ2) is 9.55. The lowest BCUT2D eigenvalue weighted by Crippen LogP contribution is -2.29. The van der Waals surface area contributed by atoms with Crippen molar-refractivity contribution >= 4 is 77.4 Å². The zero-order valence-electron chi connectivity index (χ0n) is 20.6. The molecule has 42 heavy (non-hydrogen) atoms. The molecule has 2 aromatic heterocycles. The average molecular weight is 623 g/mol. The number of amides is 2. The summed E-state index contributed by atoms with van der Waals surface area (Å²) in [5, 5.41) is 38.5. The molecule has 2 aliphatic heterocycles. The number of aromatic nitrogens is 2. The van der Waals surface area contributed by atoms with Gasteiger partial charge in [-0.2, -0.15) is 16.8 Å². The van der Waals surface area contributed by atoms with E-state index < -0.39 is 57.3 Å². The molecular formula is C22H18N6O12S2. The topological polar surface area (TPSA) is 280 Å². The number of carbonyl (C=O) groups excluding carboxylic acids is 2. The third-order valence-corrected chi connectivity index (χ3v) is 8.85. The number of anilines is 2. The number of fused-ring (bicyclic) bond motifs is 2. The molecule has 2 fully saturated rings. The summed E-state index contributed by atoms with van der Waals surface area (Å²) in [6, 6.07) is 7.62. The van der Waals surface area contributed by atoms with Gasteiger partial charge in [-0.1, -0.05) is 0 Å². The second-order valence-corrected chi connectivity index (χ2v) is 12.1. The van der Waals surface area contributed by atoms with Gasteiger partial charge in [0.25, 0.3) is 11.8 Å². The molecule has 2 aliphatic rings. The number of nitrogens with zero attached hydrogens (tertiary/aromatic N) is 2. The molecule has 0 aliphatic carbocycles. The minimum atomic E-state index is -4.05. The Kier molecular flexibility index (Phi) is 6.38. The molecule has 0 atom stereocenters. The van der Waals surface area contributed by atoms with Crippen molar-refractivity contribution in [1.29, 1.82) is 0 Å². The van der Waals surface area contributed by atoms with Crippen molar-refractivity contribution in [3.8, 4) is 11.5 Å². The van der Waals surface area contributed by atoms with Gasteiger partial charge in [0.1, 0.15) is 36.0 Å². The third kappa shape index (κ3) is 4.94. The molecule has 2 amide bonds. The Morgan fingerprint density at radius 2 is 1.00 bits per heavy atom. The number of carboxylic acids is 2. The summed E-state index contributed by atoms with van der Waals surface area (Å²) in [7, 11) is -8.09. The first-order valence-corrected chi connectivity index (χ1v) is 14.3. The van der Waals surface area contributed by atoms with Gasteiger partial charge in [0.05, 0.1) is 11.4 Å². The fourth-order valence-corrected chi connectivity index (χ4v) is 6.58. The van der Waals surface area contributed by atoms with Gasteiger partial charge >= 0.3 is 32.4 Å². The molecule has 4 aromatic rings. The molecule has 18 nitrogen and oxygen atoms in total. The van der Waals surface area contributed by atoms with E-state index in [1.165, 1.54) is 36.4 Å². The molecule has 0 spiro atoms. The summed E-state index contributed by atoms with van der Waals surface area (Å²) in [4.78, 5) is 49.4. The zero-order chi connectivity index (χ0) is 30.7. The Labute approximate surface area is 234 Å². The van der Waals surface area contributed by atoms with Crippen molar-refractivity contribution in [3.63, 3.8) is 0 Å². The van der Waals surface area contributed by atoms with E-state index >= 15 is 0 Å². The van der Waals surface area contributed by atoms with Crippen LogP contribution in [0.3, 0.4) is 0 Å². The van der Waals surface area contributed by atoms with Crippen LogP contribution in [0, 0.1) is 0 Å². The van der Waals surface area contributed by atoms with Crippen LogP contribution in [0.5, 0.6) is 11.5 Å². The van der Waals surface area contributed by atoms with Gasteiger partial charge in [-0.25, -0.2) is 27.6 Å². The first-order chi connectivity index (χ1) is 19.6. The predicted octanol–water partition coefficient (Wildman–Crippen LogP) is -0.495. The Morgan fingerprint density at radius 1 is 0.643 bits per heavy atom. The minimum absolute atomic E-state index is 0.0972. The molecule has 0 unspecified atom stereocenters. The number of hydrogen-bond acceptors (Lipinski definition) is 10. The van der Waals surface area contributed by atoms with Crippen LogP contribution in [0.1, 0.15) is 21.0 Å². The van der Waals surface area contributed by atoms with Gasteiger partial charge in [0, 0.05) is 21.8 Å². The van der Waals surface area contributed by atoms with Gasteiger partial charge < -0.3 is 30.4 Å². The Bertz CT molecular complexity index is 1920. The van der Waals surface area contributed by atoms with E-state index in [0.717, 1.165) is 0 Å². The molecule has 0 bridgehead atoms. The number of carbonyl (C=O) groups is 4. The van der Waals surface area contributed by atoms with Gasteiger partial charge in [-0.3, -0.25) is 9.59 Å². The summed E-state index contributed by atoms with van der Waals surface area (Å²) >= 11 is 0. The normalized spacial score (nSPS) is 17.1. The van der Waals surface area contributed by atoms with Crippen LogP contribution in [-0.2, 0) is 30.0 Å². The number of carboxylic acid groups (broad SMARTS) is 2. The van der Waals surface area contributed by atoms with E-state index in [9.17, 15) is 46.2 Å². The number of phenolic OH excluding ortho intramolecular Hbond substituents is 2. The highest BCUT2D eigenvalue weighted by Crippen LogP contribution is 2.36. The quantitative estimate of drug-likeness (QED) is 0.143. The number of nitrogens with one attached hydrogen (secondary N) is 4. The van der Waals surface area contributed by atoms with Crippen molar-refractivity contribution in [2.24, 2.45) is 0 Å². The van der Waals surface area contributed by atoms with Crippen LogP contribution >= 0.6 is 0 Å². The zero-order valence-corrected chi connectivity index (χ0v) is 22.3. The number of aromatic hydroxyl groups is 2. The number of aromatic carboxylic acids is 2. The van der Waals surface area contributed by atoms with Gasteiger partial charge in [-0.15, -0.1) is 0 Å². The van der Waals surface area contributed by atoms with Crippen molar-refractivity contribution in [1.82, 2.24) is 19.4 Å². The molecule has 4 heterocycles. The number of aromatic amines is 2. The molecular weight excluding hydrogens is 604 g/mol. The van der Waals surface area contributed by atoms with Crippen LogP contribution < -0.4 is 18.1 Å². The SMILES string of the molecule is O=C1CN(c2cc3[nH]c(C(=O)O)cc3cc2O)S(=O)(=O)N1.O=C1CN(c2cc3[nH]c(C(=O)O)cc3cc2O)S(=O)(=O)N1. The molecule has 2 aromatic carbocycles. The highest BCUT2D eigenvalue weighted by atomic mass is 32.2. The smallest absolute Gasteiger partial charge is 0.352 e. The standard InChI is InChI=1S/2C11H9N3O6S/c2*15-9-2-5-1-7(11(17)18)12-6(5)3-8(9)14-4-10(16)13-21(14,19)20/h2*1-3,12,15H,4H2,(H,13,16)(H,17,18). The van der Waals surface area contributed by atoms with Gasteiger partial charge in [0.2, 0.25) is 0 Å². The van der Waals surface area contributed by atoms with Crippen LogP contribution in [0.15, 0.2) is 36.4 Å². The number of phenols is 2. The van der Waals surface area contributed by atoms with Crippen LogP contribution in [0.2, 0.25) is 0 Å². The van der Waals surface area contributed by atoms with E-state index in [1.807, 2.05) is 0 Å². The molecule has 8 N–H and O–H groups in total. The summed E-state index contributed by atoms with van der Waals surface area (Å²) in [5.41, 5.74) is 0.240. The number of rotatable bonds is 4. The molecule has 0 saturated carbocycles. The predicted molar refractivity (Wildman–Crippen MR) is 143 cm³/mol. The highest BCUT2D eigenvalue weighted by molar-refractivity contribution is 7.92. The maximum Gasteiger partial charge on any atom is 0.352 e. The Morgan fingerprint density at radius 3 is 1.29 bits per heavy atom. The van der Waals surface area contributed by atoms with Crippen molar-refractivity contribution in [2.45, 2.75) is 0 Å². The monoisotopic (exact) mass is 622 g/mol. The lowest BCUT2D eigenvalue weighted by atomic mass is 10.2. The molecule has 220 valence electrons. The van der Waals surface area contributed by atoms with E-state index in [0.29, 0.717) is 30.4 Å². The summed E-state index contributed by atoms with van der Waals surface area (Å²) < 4.78 is 52.0. The maximum atomic E-state index is 11.8. The molecule has 6 rings (SSSR count). The van der Waals surface area contributed by atoms with E-state index in [4.69, 9.17) is 10.2 Å². The maximum absolute atomic E-state index is 11.8. The second-order valence-electron chi connectivity index (χ2n) is 8.91. The molecule has 2 saturated heterocycles. The largest absolute Gasteiger partial charge is 0.506 e. The minimum Gasteiger partial charge on any atom is -0.506 e.